The highest BCUT2D eigenvalue weighted by Crippen LogP contribution is 2.29. The summed E-state index contributed by atoms with van der Waals surface area (Å²) in [6, 6.07) is 3.20. The fourth-order valence-corrected chi connectivity index (χ4v) is 2.78. The monoisotopic (exact) mass is 327 g/mol. The van der Waals surface area contributed by atoms with Gasteiger partial charge in [0.05, 0.1) is 30.0 Å². The number of piperidine rings is 1. The van der Waals surface area contributed by atoms with Crippen LogP contribution in [0.3, 0.4) is 0 Å². The van der Waals surface area contributed by atoms with Gasteiger partial charge in [0.15, 0.2) is 0 Å². The predicted octanol–water partition coefficient (Wildman–Crippen LogP) is 1.12. The number of rotatable bonds is 5. The van der Waals surface area contributed by atoms with E-state index >= 15 is 0 Å². The van der Waals surface area contributed by atoms with Crippen LogP contribution in [0, 0.1) is 0 Å². The van der Waals surface area contributed by atoms with Crippen LogP contribution in [0.1, 0.15) is 23.2 Å². The molecule has 0 unspecified atom stereocenters. The van der Waals surface area contributed by atoms with Crippen molar-refractivity contribution in [3.05, 3.63) is 22.7 Å². The molecule has 1 fully saturated rings. The number of likely N-dealkylation sites (tertiary alicyclic amines) is 1. The van der Waals surface area contributed by atoms with Crippen LogP contribution in [-0.2, 0) is 0 Å². The Balaban J connectivity index is 2.00. The molecule has 1 aromatic rings. The van der Waals surface area contributed by atoms with Crippen molar-refractivity contribution in [2.24, 2.45) is 0 Å². The minimum absolute atomic E-state index is 0.114. The largest absolute Gasteiger partial charge is 0.496 e. The Kier molecular flexibility index (Phi) is 5.88. The van der Waals surface area contributed by atoms with Crippen LogP contribution in [0.5, 0.6) is 5.75 Å². The molecule has 0 aliphatic carbocycles. The highest BCUT2D eigenvalue weighted by molar-refractivity contribution is 6.33. The summed E-state index contributed by atoms with van der Waals surface area (Å²) in [6.45, 7) is 2.58. The van der Waals surface area contributed by atoms with E-state index in [1.54, 1.807) is 6.07 Å². The molecule has 6 nitrogen and oxygen atoms in total. The van der Waals surface area contributed by atoms with E-state index in [0.717, 1.165) is 25.9 Å². The number of aliphatic hydroxyl groups excluding tert-OH is 1. The lowest BCUT2D eigenvalue weighted by atomic mass is 10.0. The molecule has 1 aliphatic rings. The summed E-state index contributed by atoms with van der Waals surface area (Å²) in [5.41, 5.74) is 6.49. The van der Waals surface area contributed by atoms with E-state index in [2.05, 4.69) is 10.2 Å². The first kappa shape index (κ1) is 16.9. The number of methoxy groups -OCH3 is 1. The molecular formula is C15H22ClN3O3. The summed E-state index contributed by atoms with van der Waals surface area (Å²) in [5.74, 6) is 0.205. The number of ether oxygens (including phenoxy) is 1. The highest BCUT2D eigenvalue weighted by Gasteiger charge is 2.22. The van der Waals surface area contributed by atoms with Crippen LogP contribution < -0.4 is 15.8 Å². The molecule has 7 heteroatoms. The molecule has 1 saturated heterocycles. The van der Waals surface area contributed by atoms with Gasteiger partial charge in [-0.3, -0.25) is 4.79 Å². The molecule has 0 atom stereocenters. The first-order valence-electron chi connectivity index (χ1n) is 7.32. The maximum Gasteiger partial charge on any atom is 0.255 e. The number of anilines is 1. The Morgan fingerprint density at radius 1 is 1.50 bits per heavy atom. The number of nitrogens with one attached hydrogen (secondary N) is 1. The van der Waals surface area contributed by atoms with E-state index in [9.17, 15) is 4.79 Å². The van der Waals surface area contributed by atoms with E-state index in [4.69, 9.17) is 27.2 Å². The van der Waals surface area contributed by atoms with Crippen molar-refractivity contribution in [2.45, 2.75) is 18.9 Å². The van der Waals surface area contributed by atoms with Crippen molar-refractivity contribution in [3.63, 3.8) is 0 Å². The highest BCUT2D eigenvalue weighted by atomic mass is 35.5. The number of benzene rings is 1. The van der Waals surface area contributed by atoms with Crippen molar-refractivity contribution in [1.82, 2.24) is 10.2 Å². The van der Waals surface area contributed by atoms with Gasteiger partial charge in [-0.2, -0.15) is 0 Å². The van der Waals surface area contributed by atoms with Gasteiger partial charge in [-0.05, 0) is 18.9 Å². The molecule has 1 aromatic carbocycles. The van der Waals surface area contributed by atoms with Crippen LogP contribution in [0.25, 0.3) is 0 Å². The van der Waals surface area contributed by atoms with Gasteiger partial charge in [0.1, 0.15) is 5.75 Å². The van der Waals surface area contributed by atoms with Gasteiger partial charge in [0, 0.05) is 31.7 Å². The van der Waals surface area contributed by atoms with Gasteiger partial charge in [0.2, 0.25) is 0 Å². The number of nitrogens with two attached hydrogens (primary N) is 1. The molecule has 0 radical (unpaired) electrons. The second-order valence-electron chi connectivity index (χ2n) is 5.39. The molecule has 4 N–H and O–H groups in total. The smallest absolute Gasteiger partial charge is 0.255 e. The number of hydrogen-bond acceptors (Lipinski definition) is 5. The van der Waals surface area contributed by atoms with Crippen molar-refractivity contribution in [2.75, 3.05) is 39.1 Å². The number of nitrogens with zero attached hydrogens (tertiary/aromatic N) is 1. The Morgan fingerprint density at radius 2 is 2.18 bits per heavy atom. The number of nitrogen functional groups attached to an aromatic ring is 1. The second-order valence-corrected chi connectivity index (χ2v) is 5.79. The van der Waals surface area contributed by atoms with E-state index in [1.807, 2.05) is 0 Å². The van der Waals surface area contributed by atoms with E-state index in [0.29, 0.717) is 28.6 Å². The Morgan fingerprint density at radius 3 is 2.77 bits per heavy atom. The van der Waals surface area contributed by atoms with E-state index in [-0.39, 0.29) is 18.6 Å². The molecule has 0 saturated carbocycles. The van der Waals surface area contributed by atoms with Gasteiger partial charge in [-0.15, -0.1) is 0 Å². The van der Waals surface area contributed by atoms with Crippen LogP contribution >= 0.6 is 11.6 Å². The van der Waals surface area contributed by atoms with Crippen LogP contribution in [-0.4, -0.2) is 55.3 Å². The molecule has 2 rings (SSSR count). The lowest BCUT2D eigenvalue weighted by Crippen LogP contribution is -2.45. The minimum atomic E-state index is -0.209. The lowest BCUT2D eigenvalue weighted by molar-refractivity contribution is 0.0900. The number of hydrogen-bond donors (Lipinski definition) is 3. The summed E-state index contributed by atoms with van der Waals surface area (Å²) in [6.07, 6.45) is 1.72. The van der Waals surface area contributed by atoms with Crippen LogP contribution in [0.4, 0.5) is 5.69 Å². The van der Waals surface area contributed by atoms with Gasteiger partial charge < -0.3 is 25.8 Å². The zero-order chi connectivity index (χ0) is 16.1. The minimum Gasteiger partial charge on any atom is -0.496 e. The molecular weight excluding hydrogens is 306 g/mol. The number of carbonyl (C=O) groups excluding carboxylic acids is 1. The third-order valence-corrected chi connectivity index (χ3v) is 4.23. The summed E-state index contributed by atoms with van der Waals surface area (Å²) in [7, 11) is 1.49. The average molecular weight is 328 g/mol. The van der Waals surface area contributed by atoms with Crippen molar-refractivity contribution < 1.29 is 14.6 Å². The van der Waals surface area contributed by atoms with Gasteiger partial charge >= 0.3 is 0 Å². The molecule has 1 aliphatic heterocycles. The lowest BCUT2D eigenvalue weighted by Gasteiger charge is -2.31. The zero-order valence-corrected chi connectivity index (χ0v) is 13.4. The Labute approximate surface area is 135 Å². The van der Waals surface area contributed by atoms with Gasteiger partial charge in [0.25, 0.3) is 5.91 Å². The maximum absolute atomic E-state index is 12.4. The molecule has 1 heterocycles. The molecule has 0 bridgehead atoms. The number of amides is 1. The number of halogens is 1. The average Bonchev–Trinajstić information content (AvgIpc) is 2.51. The molecule has 22 heavy (non-hydrogen) atoms. The SMILES string of the molecule is COc1cc(N)c(Cl)cc1C(=O)NC1CCN(CCO)CC1. The number of carbonyl (C=O) groups is 1. The molecule has 122 valence electrons. The number of aliphatic hydroxyl groups is 1. The second kappa shape index (κ2) is 7.67. The van der Waals surface area contributed by atoms with Crippen LogP contribution in [0.15, 0.2) is 12.1 Å². The zero-order valence-electron chi connectivity index (χ0n) is 12.6. The Hall–Kier alpha value is -1.50. The third kappa shape index (κ3) is 4.03. The van der Waals surface area contributed by atoms with Gasteiger partial charge in [-0.1, -0.05) is 11.6 Å². The maximum atomic E-state index is 12.4. The first-order valence-corrected chi connectivity index (χ1v) is 7.70. The Bertz CT molecular complexity index is 531. The standard InChI is InChI=1S/C15H22ClN3O3/c1-22-14-9-13(17)12(16)8-11(14)15(21)18-10-2-4-19(5-3-10)6-7-20/h8-10,20H,2-7,17H2,1H3,(H,18,21). The van der Waals surface area contributed by atoms with E-state index in [1.165, 1.54) is 13.2 Å². The van der Waals surface area contributed by atoms with E-state index < -0.39 is 0 Å². The van der Waals surface area contributed by atoms with Gasteiger partial charge in [-0.25, -0.2) is 0 Å². The van der Waals surface area contributed by atoms with Crippen molar-refractivity contribution in [1.29, 1.82) is 0 Å². The predicted molar refractivity (Wildman–Crippen MR) is 86.4 cm³/mol. The summed E-state index contributed by atoms with van der Waals surface area (Å²) < 4.78 is 5.20. The topological polar surface area (TPSA) is 87.8 Å². The number of β-amino-alcohol motifs (C(OH)–C–C–N with tert-alkyl or cyclic N) is 1. The third-order valence-electron chi connectivity index (χ3n) is 3.90. The fraction of sp³-hybridized carbons (Fsp3) is 0.533. The first-order chi connectivity index (χ1) is 10.5. The van der Waals surface area contributed by atoms with Crippen LogP contribution in [0.2, 0.25) is 5.02 Å². The quantitative estimate of drug-likeness (QED) is 0.705. The molecule has 0 aromatic heterocycles. The normalized spacial score (nSPS) is 16.5. The summed E-state index contributed by atoms with van der Waals surface area (Å²) in [5, 5.41) is 12.3. The summed E-state index contributed by atoms with van der Waals surface area (Å²) >= 11 is 5.99. The molecule has 1 amide bonds. The van der Waals surface area contributed by atoms with Crippen molar-refractivity contribution in [3.8, 4) is 5.75 Å². The molecule has 0 spiro atoms. The fourth-order valence-electron chi connectivity index (χ4n) is 2.62. The van der Waals surface area contributed by atoms with Crippen molar-refractivity contribution >= 4 is 23.2 Å². The summed E-state index contributed by atoms with van der Waals surface area (Å²) in [4.78, 5) is 14.6.